The van der Waals surface area contributed by atoms with Crippen molar-refractivity contribution in [2.45, 2.75) is 0 Å². The Morgan fingerprint density at radius 3 is 1.00 bits per heavy atom. The minimum absolute atomic E-state index is 0. The van der Waals surface area contributed by atoms with Crippen LogP contribution in [0, 0.1) is 0 Å². The van der Waals surface area contributed by atoms with Crippen molar-refractivity contribution in [1.82, 2.24) is 0 Å². The summed E-state index contributed by atoms with van der Waals surface area (Å²) in [6, 6.07) is 0. The van der Waals surface area contributed by atoms with Crippen LogP contribution >= 0.6 is 19.7 Å². The average Bonchev–Trinajstić information content (AvgIpc) is 1.37. The largest absolute Gasteiger partial charge is 1.00 e. The van der Waals surface area contributed by atoms with Gasteiger partial charge in [-0.1, -0.05) is 0 Å². The molecule has 0 aromatic carbocycles. The maximum atomic E-state index is 4.33. The summed E-state index contributed by atoms with van der Waals surface area (Å²) in [6.07, 6.45) is 0. The predicted octanol–water partition coefficient (Wildman–Crippen LogP) is -4.70. The van der Waals surface area contributed by atoms with E-state index in [9.17, 15) is 0 Å². The van der Waals surface area contributed by atoms with Crippen LogP contribution in [0.4, 0.5) is 0 Å². The van der Waals surface area contributed by atoms with Gasteiger partial charge < -0.3 is 23.3 Å². The zero-order valence-corrected chi connectivity index (χ0v) is 13.1. The van der Waals surface area contributed by atoms with E-state index in [1.54, 1.807) is 0 Å². The fourth-order valence-corrected chi connectivity index (χ4v) is 0. The smallest absolute Gasteiger partial charge is 0.709 e. The summed E-state index contributed by atoms with van der Waals surface area (Å²) in [6.45, 7) is 0. The topological polar surface area (TPSA) is 0 Å². The second-order valence-electron chi connectivity index (χ2n) is 0.136. The van der Waals surface area contributed by atoms with Gasteiger partial charge in [0.25, 0.3) is 0 Å². The second kappa shape index (κ2) is 16.3. The Hall–Kier alpha value is 4.67. The molecular formula is K2S4. The summed E-state index contributed by atoms with van der Waals surface area (Å²) in [4.78, 5) is 0. The Morgan fingerprint density at radius 1 is 0.833 bits per heavy atom. The normalized spacial score (nSPS) is 5.00. The molecule has 0 bridgehead atoms. The molecule has 26 valence electrons. The van der Waals surface area contributed by atoms with Gasteiger partial charge in [-0.25, -0.2) is 0 Å². The molecule has 0 rings (SSSR count). The molecule has 0 aliphatic rings. The first-order valence-corrected chi connectivity index (χ1v) is 4.50. The van der Waals surface area contributed by atoms with E-state index in [1.807, 2.05) is 0 Å². The van der Waals surface area contributed by atoms with E-state index in [2.05, 4.69) is 23.3 Å². The van der Waals surface area contributed by atoms with E-state index in [-0.39, 0.29) is 103 Å². The van der Waals surface area contributed by atoms with Crippen molar-refractivity contribution >= 4 is 43.0 Å². The van der Waals surface area contributed by atoms with Gasteiger partial charge >= 0.3 is 103 Å². The quantitative estimate of drug-likeness (QED) is 0.240. The fraction of sp³-hybridized carbons (Fsp3) is 0. The molecule has 0 radical (unpaired) electrons. The fourth-order valence-electron chi connectivity index (χ4n) is 0. The minimum Gasteiger partial charge on any atom is -0.709 e. The molecule has 0 spiro atoms. The van der Waals surface area contributed by atoms with Crippen molar-refractivity contribution in [3.63, 3.8) is 0 Å². The van der Waals surface area contributed by atoms with E-state index in [4.69, 9.17) is 0 Å². The number of rotatable bonds is 1. The van der Waals surface area contributed by atoms with Gasteiger partial charge in [-0.05, 0) is 0 Å². The monoisotopic (exact) mass is 206 g/mol. The summed E-state index contributed by atoms with van der Waals surface area (Å²) in [5.41, 5.74) is 0. The van der Waals surface area contributed by atoms with E-state index in [0.29, 0.717) is 0 Å². The molecule has 0 nitrogen and oxygen atoms in total. The van der Waals surface area contributed by atoms with Crippen molar-refractivity contribution in [2.24, 2.45) is 0 Å². The third kappa shape index (κ3) is 15.9. The summed E-state index contributed by atoms with van der Waals surface area (Å²) >= 11 is 8.66. The zero-order valence-electron chi connectivity index (χ0n) is 3.63. The van der Waals surface area contributed by atoms with Crippen LogP contribution in [0.1, 0.15) is 0 Å². The van der Waals surface area contributed by atoms with Crippen molar-refractivity contribution < 1.29 is 103 Å². The maximum Gasteiger partial charge on any atom is 1.00 e. The molecule has 0 aliphatic heterocycles. The SMILES string of the molecule is [K+].[K+].[S-]SS[S-]. The van der Waals surface area contributed by atoms with Gasteiger partial charge in [0.2, 0.25) is 0 Å². The average molecular weight is 206 g/mol. The summed E-state index contributed by atoms with van der Waals surface area (Å²) in [5, 5.41) is 0. The first-order chi connectivity index (χ1) is 1.91. The molecule has 0 fully saturated rings. The molecule has 0 unspecified atom stereocenters. The number of hydrogen-bond donors (Lipinski definition) is 0. The molecular weight excluding hydrogens is 206 g/mol. The van der Waals surface area contributed by atoms with Crippen LogP contribution in [0.5, 0.6) is 0 Å². The minimum atomic E-state index is 0. The molecule has 0 amide bonds. The van der Waals surface area contributed by atoms with Gasteiger partial charge in [-0.3, -0.25) is 19.7 Å². The Morgan fingerprint density at radius 2 is 1.00 bits per heavy atom. The van der Waals surface area contributed by atoms with Gasteiger partial charge in [0.1, 0.15) is 0 Å². The molecule has 0 aromatic heterocycles. The van der Waals surface area contributed by atoms with Crippen LogP contribution in [0.2, 0.25) is 0 Å². The Balaban J connectivity index is -0.0000000450. The Kier molecular flexibility index (Phi) is 46.2. The molecule has 6 heteroatoms. The Bertz CT molecular complexity index is 7.51. The van der Waals surface area contributed by atoms with Crippen LogP contribution in [0.3, 0.4) is 0 Å². The molecule has 0 N–H and O–H groups in total. The maximum absolute atomic E-state index is 4.33. The van der Waals surface area contributed by atoms with Crippen LogP contribution in [-0.4, -0.2) is 0 Å². The standard InChI is InChI=1S/2K.H2S4/c;;1-3-4-2/h;;1-2H/q2*+1;/p-2. The second-order valence-corrected chi connectivity index (χ2v) is 3.67. The Labute approximate surface area is 141 Å². The van der Waals surface area contributed by atoms with Crippen molar-refractivity contribution in [3.8, 4) is 0 Å². The van der Waals surface area contributed by atoms with Crippen LogP contribution < -0.4 is 103 Å². The first-order valence-electron chi connectivity index (χ1n) is 0.500. The van der Waals surface area contributed by atoms with E-state index in [1.165, 1.54) is 19.7 Å². The molecule has 6 heavy (non-hydrogen) atoms. The van der Waals surface area contributed by atoms with E-state index < -0.39 is 0 Å². The first kappa shape index (κ1) is 17.0. The van der Waals surface area contributed by atoms with Gasteiger partial charge in [0.15, 0.2) is 0 Å². The molecule has 0 saturated carbocycles. The molecule has 0 aliphatic carbocycles. The van der Waals surface area contributed by atoms with Gasteiger partial charge in [0.05, 0.1) is 0 Å². The summed E-state index contributed by atoms with van der Waals surface area (Å²) < 4.78 is 0. The summed E-state index contributed by atoms with van der Waals surface area (Å²) in [7, 11) is 2.34. The molecule has 0 saturated heterocycles. The molecule has 0 atom stereocenters. The zero-order chi connectivity index (χ0) is 3.41. The van der Waals surface area contributed by atoms with Gasteiger partial charge in [-0.2, -0.15) is 0 Å². The molecule has 0 aromatic rings. The van der Waals surface area contributed by atoms with Gasteiger partial charge in [0, 0.05) is 0 Å². The van der Waals surface area contributed by atoms with Crippen LogP contribution in [-0.2, 0) is 23.3 Å². The summed E-state index contributed by atoms with van der Waals surface area (Å²) in [5.74, 6) is 0. The molecule has 0 heterocycles. The van der Waals surface area contributed by atoms with Gasteiger partial charge in [-0.15, -0.1) is 0 Å². The van der Waals surface area contributed by atoms with E-state index >= 15 is 0 Å². The van der Waals surface area contributed by atoms with Crippen molar-refractivity contribution in [2.75, 3.05) is 0 Å². The number of hydrogen-bond acceptors (Lipinski definition) is 4. The van der Waals surface area contributed by atoms with Crippen molar-refractivity contribution in [1.29, 1.82) is 0 Å². The van der Waals surface area contributed by atoms with Crippen LogP contribution in [0.25, 0.3) is 0 Å². The van der Waals surface area contributed by atoms with Crippen molar-refractivity contribution in [3.05, 3.63) is 0 Å². The van der Waals surface area contributed by atoms with E-state index in [0.717, 1.165) is 0 Å². The third-order valence-electron chi connectivity index (χ3n) is 0.0278. The van der Waals surface area contributed by atoms with Crippen LogP contribution in [0.15, 0.2) is 0 Å². The third-order valence-corrected chi connectivity index (χ3v) is 2.25. The predicted molar refractivity (Wildman–Crippen MR) is 29.9 cm³/mol.